The van der Waals surface area contributed by atoms with Crippen molar-refractivity contribution >= 4 is 41.2 Å². The lowest BCUT2D eigenvalue weighted by Crippen LogP contribution is -2.58. The normalized spacial score (nSPS) is 17.9. The number of amides is 5. The Bertz CT molecular complexity index is 1150. The average Bonchev–Trinajstić information content (AvgIpc) is 3.27. The molecule has 0 aliphatic carbocycles. The molecule has 0 aromatic heterocycles. The van der Waals surface area contributed by atoms with Gasteiger partial charge in [0.25, 0.3) is 0 Å². The van der Waals surface area contributed by atoms with Gasteiger partial charge >= 0.3 is 6.03 Å². The first-order valence-corrected chi connectivity index (χ1v) is 13.8. The fraction of sp³-hybridized carbons (Fsp3) is 0.429. The number of rotatable bonds is 9. The highest BCUT2D eigenvalue weighted by Gasteiger charge is 2.44. The van der Waals surface area contributed by atoms with Crippen LogP contribution in [0.3, 0.4) is 0 Å². The van der Waals surface area contributed by atoms with Crippen molar-refractivity contribution in [1.29, 1.82) is 0 Å². The van der Waals surface area contributed by atoms with E-state index in [4.69, 9.17) is 5.73 Å². The molecular weight excluding hydrogens is 502 g/mol. The lowest BCUT2D eigenvalue weighted by molar-refractivity contribution is -0.141. The molecule has 10 heteroatoms. The Balaban J connectivity index is 1.78. The zero-order chi connectivity index (χ0) is 27.9. The number of urea groups is 1. The molecule has 0 spiro atoms. The summed E-state index contributed by atoms with van der Waals surface area (Å²) >= 11 is 1.56. The third-order valence-electron chi connectivity index (χ3n) is 6.26. The van der Waals surface area contributed by atoms with Crippen LogP contribution in [-0.4, -0.2) is 59.6 Å². The third-order valence-corrected chi connectivity index (χ3v) is 6.98. The van der Waals surface area contributed by atoms with Crippen LogP contribution in [-0.2, 0) is 20.8 Å². The molecule has 5 amide bonds. The fourth-order valence-corrected chi connectivity index (χ4v) is 4.93. The standard InChI is InChI=1S/C28H37N5O4S/c1-28(2,3)17-23(34)33-14-13-21(32-27(37)30-19-11-8-12-20(16-19)38-4)24(33)26(36)31-22(25(29)35)15-18-9-6-5-7-10-18/h5-12,16,21-22,24H,13-15,17H2,1-4H3,(H2,29,35)(H,31,36)(H2,30,32,37)/t21-,22+,24-/m0/s1. The highest BCUT2D eigenvalue weighted by molar-refractivity contribution is 7.98. The molecule has 3 atom stereocenters. The van der Waals surface area contributed by atoms with Crippen LogP contribution in [0.1, 0.15) is 39.2 Å². The SMILES string of the molecule is CSc1cccc(NC(=O)N[C@H]2CCN(C(=O)CC(C)(C)C)[C@@H]2C(=O)N[C@H](Cc2ccccc2)C(N)=O)c1. The van der Waals surface area contributed by atoms with E-state index in [1.165, 1.54) is 4.90 Å². The second-order valence-corrected chi connectivity index (χ2v) is 11.5. The molecule has 2 aromatic rings. The second kappa shape index (κ2) is 12.8. The third kappa shape index (κ3) is 8.24. The smallest absolute Gasteiger partial charge is 0.319 e. The maximum absolute atomic E-state index is 13.6. The van der Waals surface area contributed by atoms with Gasteiger partial charge in [-0.05, 0) is 41.9 Å². The van der Waals surface area contributed by atoms with Crippen molar-refractivity contribution in [3.05, 3.63) is 60.2 Å². The molecule has 0 bridgehead atoms. The zero-order valence-electron chi connectivity index (χ0n) is 22.3. The van der Waals surface area contributed by atoms with E-state index in [0.29, 0.717) is 18.7 Å². The predicted octanol–water partition coefficient (Wildman–Crippen LogP) is 3.15. The van der Waals surface area contributed by atoms with Crippen LogP contribution in [0, 0.1) is 5.41 Å². The molecule has 204 valence electrons. The van der Waals surface area contributed by atoms with Crippen molar-refractivity contribution in [2.75, 3.05) is 18.1 Å². The molecule has 1 saturated heterocycles. The highest BCUT2D eigenvalue weighted by atomic mass is 32.2. The minimum absolute atomic E-state index is 0.186. The lowest BCUT2D eigenvalue weighted by atomic mass is 9.91. The van der Waals surface area contributed by atoms with Gasteiger partial charge in [-0.1, -0.05) is 57.2 Å². The Kier molecular flexibility index (Phi) is 9.79. The summed E-state index contributed by atoms with van der Waals surface area (Å²) in [5, 5.41) is 8.41. The minimum Gasteiger partial charge on any atom is -0.368 e. The largest absolute Gasteiger partial charge is 0.368 e. The number of thioether (sulfide) groups is 1. The first kappa shape index (κ1) is 29.0. The van der Waals surface area contributed by atoms with Gasteiger partial charge in [0.05, 0.1) is 6.04 Å². The van der Waals surface area contributed by atoms with Gasteiger partial charge in [-0.15, -0.1) is 11.8 Å². The van der Waals surface area contributed by atoms with Crippen molar-refractivity contribution in [2.45, 2.75) is 63.1 Å². The van der Waals surface area contributed by atoms with Crippen molar-refractivity contribution in [1.82, 2.24) is 15.5 Å². The quantitative estimate of drug-likeness (QED) is 0.363. The number of likely N-dealkylation sites (tertiary alicyclic amines) is 1. The molecule has 5 N–H and O–H groups in total. The number of nitrogens with one attached hydrogen (secondary N) is 3. The molecule has 1 aliphatic rings. The van der Waals surface area contributed by atoms with Gasteiger partial charge in [-0.2, -0.15) is 0 Å². The van der Waals surface area contributed by atoms with E-state index in [1.54, 1.807) is 17.8 Å². The molecule has 38 heavy (non-hydrogen) atoms. The number of primary amides is 1. The molecular formula is C28H37N5O4S. The van der Waals surface area contributed by atoms with Crippen LogP contribution in [0.5, 0.6) is 0 Å². The van der Waals surface area contributed by atoms with Crippen LogP contribution < -0.4 is 21.7 Å². The molecule has 0 saturated carbocycles. The summed E-state index contributed by atoms with van der Waals surface area (Å²) in [6.07, 6.45) is 2.79. The number of benzene rings is 2. The van der Waals surface area contributed by atoms with Crippen LogP contribution in [0.4, 0.5) is 10.5 Å². The molecule has 2 aromatic carbocycles. The maximum atomic E-state index is 13.6. The van der Waals surface area contributed by atoms with Crippen molar-refractivity contribution in [3.63, 3.8) is 0 Å². The van der Waals surface area contributed by atoms with Crippen molar-refractivity contribution in [3.8, 4) is 0 Å². The zero-order valence-corrected chi connectivity index (χ0v) is 23.1. The van der Waals surface area contributed by atoms with E-state index in [-0.39, 0.29) is 24.2 Å². The number of carbonyl (C=O) groups is 4. The van der Waals surface area contributed by atoms with Crippen LogP contribution >= 0.6 is 11.8 Å². The van der Waals surface area contributed by atoms with Crippen LogP contribution in [0.2, 0.25) is 0 Å². The maximum Gasteiger partial charge on any atom is 0.319 e. The Morgan fingerprint density at radius 3 is 2.42 bits per heavy atom. The van der Waals surface area contributed by atoms with Crippen LogP contribution in [0.15, 0.2) is 59.5 Å². The Morgan fingerprint density at radius 2 is 1.79 bits per heavy atom. The molecule has 1 fully saturated rings. The second-order valence-electron chi connectivity index (χ2n) is 10.6. The van der Waals surface area contributed by atoms with Gasteiger partial charge in [-0.25, -0.2) is 4.79 Å². The summed E-state index contributed by atoms with van der Waals surface area (Å²) in [5.41, 5.74) is 6.79. The van der Waals surface area contributed by atoms with E-state index in [2.05, 4.69) is 16.0 Å². The Hall–Kier alpha value is -3.53. The first-order chi connectivity index (χ1) is 18.0. The summed E-state index contributed by atoms with van der Waals surface area (Å²) in [7, 11) is 0. The van der Waals surface area contributed by atoms with Gasteiger partial charge in [0.15, 0.2) is 0 Å². The number of anilines is 1. The van der Waals surface area contributed by atoms with E-state index >= 15 is 0 Å². The summed E-state index contributed by atoms with van der Waals surface area (Å²) in [6.45, 7) is 6.15. The average molecular weight is 540 g/mol. The molecule has 1 aliphatic heterocycles. The predicted molar refractivity (Wildman–Crippen MR) is 150 cm³/mol. The van der Waals surface area contributed by atoms with Gasteiger partial charge in [-0.3, -0.25) is 14.4 Å². The number of hydrogen-bond donors (Lipinski definition) is 4. The highest BCUT2D eigenvalue weighted by Crippen LogP contribution is 2.26. The molecule has 3 rings (SSSR count). The van der Waals surface area contributed by atoms with Crippen molar-refractivity contribution in [2.24, 2.45) is 11.1 Å². The van der Waals surface area contributed by atoms with Gasteiger partial charge < -0.3 is 26.6 Å². The molecule has 9 nitrogen and oxygen atoms in total. The van der Waals surface area contributed by atoms with E-state index in [1.807, 2.05) is 75.6 Å². The summed E-state index contributed by atoms with van der Waals surface area (Å²) in [4.78, 5) is 54.4. The minimum atomic E-state index is -0.981. The summed E-state index contributed by atoms with van der Waals surface area (Å²) < 4.78 is 0. The monoisotopic (exact) mass is 539 g/mol. The van der Waals surface area contributed by atoms with Gasteiger partial charge in [0, 0.05) is 30.0 Å². The lowest BCUT2D eigenvalue weighted by Gasteiger charge is -2.31. The molecule has 0 unspecified atom stereocenters. The molecule has 0 radical (unpaired) electrons. The summed E-state index contributed by atoms with van der Waals surface area (Å²) in [6, 6.07) is 13.6. The van der Waals surface area contributed by atoms with Crippen molar-refractivity contribution < 1.29 is 19.2 Å². The van der Waals surface area contributed by atoms with E-state index in [0.717, 1.165) is 10.5 Å². The topological polar surface area (TPSA) is 134 Å². The van der Waals surface area contributed by atoms with Gasteiger partial charge in [0.2, 0.25) is 17.7 Å². The molecule has 1 heterocycles. The van der Waals surface area contributed by atoms with Crippen LogP contribution in [0.25, 0.3) is 0 Å². The Morgan fingerprint density at radius 1 is 1.08 bits per heavy atom. The fourth-order valence-electron chi connectivity index (χ4n) is 4.47. The van der Waals surface area contributed by atoms with Gasteiger partial charge in [0.1, 0.15) is 12.1 Å². The number of nitrogens with zero attached hydrogens (tertiary/aromatic N) is 1. The Labute approximate surface area is 228 Å². The first-order valence-electron chi connectivity index (χ1n) is 12.6. The number of hydrogen-bond acceptors (Lipinski definition) is 5. The number of carbonyl (C=O) groups excluding carboxylic acids is 4. The number of nitrogens with two attached hydrogens (primary N) is 1. The van der Waals surface area contributed by atoms with E-state index < -0.39 is 36.0 Å². The van der Waals surface area contributed by atoms with E-state index in [9.17, 15) is 19.2 Å². The summed E-state index contributed by atoms with van der Waals surface area (Å²) in [5.74, 6) is -1.39.